The Morgan fingerprint density at radius 2 is 1.96 bits per heavy atom. The lowest BCUT2D eigenvalue weighted by Crippen LogP contribution is -2.29. The lowest BCUT2D eigenvalue weighted by molar-refractivity contribution is -0.121. The Hall–Kier alpha value is -3.41. The van der Waals surface area contributed by atoms with E-state index in [4.69, 9.17) is 4.74 Å². The van der Waals surface area contributed by atoms with Crippen molar-refractivity contribution in [2.75, 3.05) is 7.11 Å². The smallest absolute Gasteiger partial charge is 0.260 e. The highest BCUT2D eigenvalue weighted by molar-refractivity contribution is 6.02. The molecule has 0 atom stereocenters. The molecule has 1 heterocycles. The summed E-state index contributed by atoms with van der Waals surface area (Å²) in [5, 5.41) is 6.03. The summed E-state index contributed by atoms with van der Waals surface area (Å²) in [6.07, 6.45) is 3.10. The van der Waals surface area contributed by atoms with Gasteiger partial charge in [-0.05, 0) is 22.9 Å². The quantitative estimate of drug-likeness (QED) is 0.574. The van der Waals surface area contributed by atoms with Crippen molar-refractivity contribution < 1.29 is 9.53 Å². The van der Waals surface area contributed by atoms with Gasteiger partial charge in [-0.25, -0.2) is 5.43 Å². The molecule has 1 amide bonds. The van der Waals surface area contributed by atoms with E-state index in [1.54, 1.807) is 31.7 Å². The van der Waals surface area contributed by atoms with E-state index in [1.807, 2.05) is 36.4 Å². The van der Waals surface area contributed by atoms with Crippen LogP contribution in [0.15, 0.2) is 70.7 Å². The molecule has 3 rings (SSSR count). The van der Waals surface area contributed by atoms with E-state index in [-0.39, 0.29) is 18.0 Å². The molecular formula is C19H17N3O3. The van der Waals surface area contributed by atoms with Crippen LogP contribution in [-0.2, 0) is 11.3 Å². The number of benzene rings is 2. The first-order valence-corrected chi connectivity index (χ1v) is 7.72. The summed E-state index contributed by atoms with van der Waals surface area (Å²) in [5.74, 6) is 0.278. The minimum atomic E-state index is -0.385. The molecule has 0 radical (unpaired) electrons. The van der Waals surface area contributed by atoms with E-state index in [2.05, 4.69) is 10.5 Å². The summed E-state index contributed by atoms with van der Waals surface area (Å²) in [7, 11) is 1.59. The summed E-state index contributed by atoms with van der Waals surface area (Å²) in [5.41, 5.74) is 2.98. The zero-order chi connectivity index (χ0) is 17.6. The van der Waals surface area contributed by atoms with Crippen molar-refractivity contribution in [2.24, 2.45) is 5.10 Å². The number of amides is 1. The van der Waals surface area contributed by atoms with Gasteiger partial charge in [0.2, 0.25) is 0 Å². The molecule has 0 spiro atoms. The monoisotopic (exact) mass is 335 g/mol. The highest BCUT2D eigenvalue weighted by atomic mass is 16.5. The van der Waals surface area contributed by atoms with E-state index in [9.17, 15) is 9.59 Å². The molecule has 126 valence electrons. The zero-order valence-electron chi connectivity index (χ0n) is 13.7. The highest BCUT2D eigenvalue weighted by Gasteiger charge is 2.06. The summed E-state index contributed by atoms with van der Waals surface area (Å²) in [4.78, 5) is 23.6. The zero-order valence-corrected chi connectivity index (χ0v) is 13.7. The number of nitrogens with one attached hydrogen (secondary N) is 1. The minimum Gasteiger partial charge on any atom is -0.496 e. The Kier molecular flexibility index (Phi) is 4.89. The topological polar surface area (TPSA) is 72.7 Å². The summed E-state index contributed by atoms with van der Waals surface area (Å²) in [6.45, 7) is -0.0936. The number of aromatic nitrogens is 1. The molecule has 6 heteroatoms. The van der Waals surface area contributed by atoms with Gasteiger partial charge in [-0.1, -0.05) is 36.4 Å². The fourth-order valence-corrected chi connectivity index (χ4v) is 2.54. The number of carbonyl (C=O) groups is 1. The van der Waals surface area contributed by atoms with E-state index in [1.165, 1.54) is 10.6 Å². The second kappa shape index (κ2) is 7.44. The van der Waals surface area contributed by atoms with Gasteiger partial charge in [0.05, 0.1) is 13.3 Å². The second-order valence-electron chi connectivity index (χ2n) is 5.36. The minimum absolute atomic E-state index is 0.0936. The Bertz CT molecular complexity index is 992. The molecule has 6 nitrogen and oxygen atoms in total. The molecule has 0 fully saturated rings. The highest BCUT2D eigenvalue weighted by Crippen LogP contribution is 2.26. The maximum absolute atomic E-state index is 12.0. The van der Waals surface area contributed by atoms with Crippen molar-refractivity contribution in [3.05, 3.63) is 76.7 Å². The molecule has 0 saturated carbocycles. The maximum atomic E-state index is 12.0. The van der Waals surface area contributed by atoms with E-state index in [0.717, 1.165) is 16.3 Å². The number of carbonyl (C=O) groups excluding carboxylic acids is 1. The van der Waals surface area contributed by atoms with Crippen LogP contribution in [0.1, 0.15) is 5.56 Å². The lowest BCUT2D eigenvalue weighted by Gasteiger charge is -2.08. The van der Waals surface area contributed by atoms with Gasteiger partial charge in [0.25, 0.3) is 11.5 Å². The number of fused-ring (bicyclic) bond motifs is 1. The normalized spacial score (nSPS) is 10.9. The van der Waals surface area contributed by atoms with Crippen LogP contribution < -0.4 is 15.7 Å². The number of hydrazone groups is 1. The van der Waals surface area contributed by atoms with E-state index in [0.29, 0.717) is 5.75 Å². The number of hydrogen-bond acceptors (Lipinski definition) is 4. The molecule has 3 aromatic rings. The molecular weight excluding hydrogens is 318 g/mol. The standard InChI is InChI=1S/C19H17N3O3/c1-25-17-10-9-14-6-2-3-7-15(14)16(17)12-20-21-18(23)13-22-11-5-4-8-19(22)24/h2-12H,13H2,1H3,(H,21,23)/b20-12-. The Morgan fingerprint density at radius 3 is 2.76 bits per heavy atom. The van der Waals surface area contributed by atoms with Crippen LogP contribution in [0.2, 0.25) is 0 Å². The van der Waals surface area contributed by atoms with Crippen molar-refractivity contribution in [1.29, 1.82) is 0 Å². The summed E-state index contributed by atoms with van der Waals surface area (Å²) < 4.78 is 6.68. The molecule has 0 bridgehead atoms. The average molecular weight is 335 g/mol. The third kappa shape index (κ3) is 3.74. The van der Waals surface area contributed by atoms with Crippen LogP contribution >= 0.6 is 0 Å². The number of rotatable bonds is 5. The molecule has 1 N–H and O–H groups in total. The molecule has 0 aliphatic carbocycles. The van der Waals surface area contributed by atoms with E-state index >= 15 is 0 Å². The van der Waals surface area contributed by atoms with Crippen molar-refractivity contribution in [3.63, 3.8) is 0 Å². The fourth-order valence-electron chi connectivity index (χ4n) is 2.54. The van der Waals surface area contributed by atoms with Crippen LogP contribution in [0, 0.1) is 0 Å². The molecule has 0 saturated heterocycles. The summed E-state index contributed by atoms with van der Waals surface area (Å²) >= 11 is 0. The molecule has 0 aliphatic heterocycles. The first-order valence-electron chi connectivity index (χ1n) is 7.72. The maximum Gasteiger partial charge on any atom is 0.260 e. The van der Waals surface area contributed by atoms with Gasteiger partial charge in [-0.2, -0.15) is 5.10 Å². The van der Waals surface area contributed by atoms with E-state index < -0.39 is 0 Å². The average Bonchev–Trinajstić information content (AvgIpc) is 2.63. The molecule has 1 aromatic heterocycles. The van der Waals surface area contributed by atoms with Crippen molar-refractivity contribution in [3.8, 4) is 5.75 Å². The molecule has 0 unspecified atom stereocenters. The number of hydrogen-bond donors (Lipinski definition) is 1. The first-order chi connectivity index (χ1) is 12.2. The van der Waals surface area contributed by atoms with Crippen LogP contribution in [0.4, 0.5) is 0 Å². The Balaban J connectivity index is 1.78. The van der Waals surface area contributed by atoms with Gasteiger partial charge < -0.3 is 9.30 Å². The number of ether oxygens (including phenoxy) is 1. The van der Waals surface area contributed by atoms with Gasteiger partial charge in [-0.3, -0.25) is 9.59 Å². The summed E-state index contributed by atoms with van der Waals surface area (Å²) in [6, 6.07) is 16.4. The van der Waals surface area contributed by atoms with Gasteiger partial charge in [-0.15, -0.1) is 0 Å². The van der Waals surface area contributed by atoms with Gasteiger partial charge in [0.1, 0.15) is 12.3 Å². The molecule has 25 heavy (non-hydrogen) atoms. The van der Waals surface area contributed by atoms with Gasteiger partial charge >= 0.3 is 0 Å². The predicted molar refractivity (Wildman–Crippen MR) is 96.9 cm³/mol. The van der Waals surface area contributed by atoms with Gasteiger partial charge in [0.15, 0.2) is 0 Å². The second-order valence-corrected chi connectivity index (χ2v) is 5.36. The third-order valence-electron chi connectivity index (χ3n) is 3.75. The first kappa shape index (κ1) is 16.4. The van der Waals surface area contributed by atoms with Gasteiger partial charge in [0, 0.05) is 17.8 Å². The largest absolute Gasteiger partial charge is 0.496 e. The number of pyridine rings is 1. The van der Waals surface area contributed by atoms with Crippen molar-refractivity contribution in [2.45, 2.75) is 6.54 Å². The van der Waals surface area contributed by atoms with Crippen LogP contribution in [0.5, 0.6) is 5.75 Å². The predicted octanol–water partition coefficient (Wildman–Crippen LogP) is 2.16. The number of methoxy groups -OCH3 is 1. The Morgan fingerprint density at radius 1 is 1.16 bits per heavy atom. The van der Waals surface area contributed by atoms with Crippen molar-refractivity contribution in [1.82, 2.24) is 9.99 Å². The molecule has 2 aromatic carbocycles. The van der Waals surface area contributed by atoms with Crippen LogP contribution in [0.25, 0.3) is 10.8 Å². The lowest BCUT2D eigenvalue weighted by atomic mass is 10.0. The SMILES string of the molecule is COc1ccc2ccccc2c1/C=N\NC(=O)Cn1ccccc1=O. The van der Waals surface area contributed by atoms with Crippen molar-refractivity contribution >= 4 is 22.9 Å². The van der Waals surface area contributed by atoms with Crippen LogP contribution in [0.3, 0.4) is 0 Å². The Labute approximate surface area is 144 Å². The molecule has 0 aliphatic rings. The third-order valence-corrected chi connectivity index (χ3v) is 3.75. The fraction of sp³-hybridized carbons (Fsp3) is 0.105. The van der Waals surface area contributed by atoms with Crippen LogP contribution in [-0.4, -0.2) is 23.8 Å². The number of nitrogens with zero attached hydrogens (tertiary/aromatic N) is 2.